The summed E-state index contributed by atoms with van der Waals surface area (Å²) in [6, 6.07) is 17.1. The minimum Gasteiger partial charge on any atom is -0.423 e. The van der Waals surface area contributed by atoms with Crippen LogP contribution in [0.25, 0.3) is 22.4 Å². The molecule has 5 heteroatoms. The van der Waals surface area contributed by atoms with Gasteiger partial charge in [-0.2, -0.15) is 5.10 Å². The first-order chi connectivity index (χ1) is 11.7. The zero-order valence-corrected chi connectivity index (χ0v) is 13.1. The van der Waals surface area contributed by atoms with Gasteiger partial charge in [0, 0.05) is 23.4 Å². The Morgan fingerprint density at radius 3 is 2.75 bits per heavy atom. The molecule has 0 atom stereocenters. The normalized spacial score (nSPS) is 11.0. The lowest BCUT2D eigenvalue weighted by molar-refractivity contribution is 0.559. The Labute approximate surface area is 138 Å². The number of hydrogen-bond acceptors (Lipinski definition) is 4. The standard InChI is InChI=1S/C19H15N3O2/c1-12-7-8-15-14(11-18(23)24-16(15)9-12)10-17-20-19(22-21-17)13-5-3-2-4-6-13/h2-9,11H,10H2,1H3,(H,20,21,22). The van der Waals surface area contributed by atoms with E-state index in [4.69, 9.17) is 4.42 Å². The van der Waals surface area contributed by atoms with Crippen molar-refractivity contribution in [3.8, 4) is 11.4 Å². The molecule has 0 amide bonds. The van der Waals surface area contributed by atoms with Crippen LogP contribution in [0.1, 0.15) is 17.0 Å². The van der Waals surface area contributed by atoms with E-state index in [1.165, 1.54) is 6.07 Å². The SMILES string of the molecule is Cc1ccc2c(Cc3nc(-c4ccccc4)n[nH]3)cc(=O)oc2c1. The third-order valence-electron chi connectivity index (χ3n) is 3.91. The fourth-order valence-electron chi connectivity index (χ4n) is 2.75. The van der Waals surface area contributed by atoms with Gasteiger partial charge in [0.1, 0.15) is 11.4 Å². The lowest BCUT2D eigenvalue weighted by Gasteiger charge is -2.04. The van der Waals surface area contributed by atoms with Crippen LogP contribution in [0.2, 0.25) is 0 Å². The summed E-state index contributed by atoms with van der Waals surface area (Å²) in [5.41, 5.74) is 3.12. The van der Waals surface area contributed by atoms with Gasteiger partial charge in [-0.05, 0) is 24.1 Å². The number of nitrogens with one attached hydrogen (secondary N) is 1. The molecular weight excluding hydrogens is 302 g/mol. The number of fused-ring (bicyclic) bond motifs is 1. The Morgan fingerprint density at radius 2 is 1.92 bits per heavy atom. The van der Waals surface area contributed by atoms with E-state index in [0.29, 0.717) is 23.7 Å². The van der Waals surface area contributed by atoms with Gasteiger partial charge in [-0.1, -0.05) is 42.5 Å². The van der Waals surface area contributed by atoms with Gasteiger partial charge in [-0.3, -0.25) is 5.10 Å². The van der Waals surface area contributed by atoms with E-state index in [1.807, 2.05) is 55.5 Å². The molecule has 0 fully saturated rings. The third kappa shape index (κ3) is 2.72. The highest BCUT2D eigenvalue weighted by Gasteiger charge is 2.10. The highest BCUT2D eigenvalue weighted by atomic mass is 16.4. The van der Waals surface area contributed by atoms with Crippen LogP contribution in [0, 0.1) is 6.92 Å². The largest absolute Gasteiger partial charge is 0.423 e. The molecule has 0 aliphatic heterocycles. The summed E-state index contributed by atoms with van der Waals surface area (Å²) in [6.45, 7) is 1.97. The van der Waals surface area contributed by atoms with Gasteiger partial charge in [-0.15, -0.1) is 0 Å². The smallest absolute Gasteiger partial charge is 0.336 e. The van der Waals surface area contributed by atoms with E-state index in [9.17, 15) is 4.79 Å². The van der Waals surface area contributed by atoms with Gasteiger partial charge in [0.25, 0.3) is 0 Å². The van der Waals surface area contributed by atoms with Crippen molar-refractivity contribution in [2.24, 2.45) is 0 Å². The number of aromatic nitrogens is 3. The first-order valence-electron chi connectivity index (χ1n) is 7.69. The van der Waals surface area contributed by atoms with Crippen LogP contribution in [-0.4, -0.2) is 15.2 Å². The fraction of sp³-hybridized carbons (Fsp3) is 0.105. The van der Waals surface area contributed by atoms with E-state index in [-0.39, 0.29) is 5.63 Å². The topological polar surface area (TPSA) is 71.8 Å². The van der Waals surface area contributed by atoms with Gasteiger partial charge in [0.2, 0.25) is 0 Å². The quantitative estimate of drug-likeness (QED) is 0.587. The molecule has 0 aliphatic rings. The number of nitrogens with zero attached hydrogens (tertiary/aromatic N) is 2. The summed E-state index contributed by atoms with van der Waals surface area (Å²) in [6.07, 6.45) is 0.491. The molecule has 118 valence electrons. The second-order valence-corrected chi connectivity index (χ2v) is 5.74. The Kier molecular flexibility index (Phi) is 3.46. The zero-order valence-electron chi connectivity index (χ0n) is 13.1. The number of aryl methyl sites for hydroxylation is 1. The monoisotopic (exact) mass is 317 g/mol. The van der Waals surface area contributed by atoms with Gasteiger partial charge < -0.3 is 4.42 Å². The molecule has 0 saturated heterocycles. The van der Waals surface area contributed by atoms with Crippen molar-refractivity contribution in [2.45, 2.75) is 13.3 Å². The summed E-state index contributed by atoms with van der Waals surface area (Å²) in [4.78, 5) is 16.4. The first kappa shape index (κ1) is 14.4. The highest BCUT2D eigenvalue weighted by molar-refractivity contribution is 5.81. The third-order valence-corrected chi connectivity index (χ3v) is 3.91. The fourth-order valence-corrected chi connectivity index (χ4v) is 2.75. The molecule has 0 saturated carbocycles. The van der Waals surface area contributed by atoms with Crippen LogP contribution >= 0.6 is 0 Å². The van der Waals surface area contributed by atoms with Crippen LogP contribution < -0.4 is 5.63 Å². The lowest BCUT2D eigenvalue weighted by atomic mass is 10.1. The molecule has 0 bridgehead atoms. The summed E-state index contributed by atoms with van der Waals surface area (Å²) in [7, 11) is 0. The van der Waals surface area contributed by atoms with Gasteiger partial charge in [-0.25, -0.2) is 9.78 Å². The van der Waals surface area contributed by atoms with Gasteiger partial charge >= 0.3 is 5.63 Å². The summed E-state index contributed by atoms with van der Waals surface area (Å²) in [5, 5.41) is 8.13. The molecule has 24 heavy (non-hydrogen) atoms. The van der Waals surface area contributed by atoms with Crippen molar-refractivity contribution >= 4 is 11.0 Å². The number of hydrogen-bond donors (Lipinski definition) is 1. The first-order valence-corrected chi connectivity index (χ1v) is 7.69. The maximum Gasteiger partial charge on any atom is 0.336 e. The molecular formula is C19H15N3O2. The molecule has 2 heterocycles. The number of rotatable bonds is 3. The van der Waals surface area contributed by atoms with Crippen LogP contribution in [0.4, 0.5) is 0 Å². The van der Waals surface area contributed by atoms with Gasteiger partial charge in [0.15, 0.2) is 5.82 Å². The summed E-state index contributed by atoms with van der Waals surface area (Å²) < 4.78 is 5.29. The van der Waals surface area contributed by atoms with Crippen molar-refractivity contribution in [2.75, 3.05) is 0 Å². The van der Waals surface area contributed by atoms with E-state index < -0.39 is 0 Å². The van der Waals surface area contributed by atoms with E-state index in [2.05, 4.69) is 15.2 Å². The molecule has 0 unspecified atom stereocenters. The molecule has 1 N–H and O–H groups in total. The second-order valence-electron chi connectivity index (χ2n) is 5.74. The van der Waals surface area contributed by atoms with E-state index in [0.717, 1.165) is 22.1 Å². The zero-order chi connectivity index (χ0) is 16.5. The van der Waals surface area contributed by atoms with Crippen molar-refractivity contribution < 1.29 is 4.42 Å². The number of benzene rings is 2. The Hall–Kier alpha value is -3.21. The lowest BCUT2D eigenvalue weighted by Crippen LogP contribution is -2.02. The van der Waals surface area contributed by atoms with Crippen LogP contribution in [0.3, 0.4) is 0 Å². The van der Waals surface area contributed by atoms with Crippen LogP contribution in [0.15, 0.2) is 63.8 Å². The minimum absolute atomic E-state index is 0.356. The van der Waals surface area contributed by atoms with Crippen molar-refractivity contribution in [3.05, 3.63) is 82.0 Å². The summed E-state index contributed by atoms with van der Waals surface area (Å²) >= 11 is 0. The number of H-pyrrole nitrogens is 1. The molecule has 2 aromatic heterocycles. The van der Waals surface area contributed by atoms with E-state index >= 15 is 0 Å². The van der Waals surface area contributed by atoms with Crippen molar-refractivity contribution in [3.63, 3.8) is 0 Å². The molecule has 5 nitrogen and oxygen atoms in total. The molecule has 4 rings (SSSR count). The second kappa shape index (κ2) is 5.77. The van der Waals surface area contributed by atoms with Crippen LogP contribution in [-0.2, 0) is 6.42 Å². The Bertz CT molecular complexity index is 1060. The molecule has 0 radical (unpaired) electrons. The predicted molar refractivity (Wildman–Crippen MR) is 91.8 cm³/mol. The molecule has 0 aliphatic carbocycles. The maximum absolute atomic E-state index is 11.8. The predicted octanol–water partition coefficient (Wildman–Crippen LogP) is 3.48. The number of aromatic amines is 1. The average Bonchev–Trinajstić information content (AvgIpc) is 3.03. The molecule has 2 aromatic carbocycles. The molecule has 0 spiro atoms. The maximum atomic E-state index is 11.8. The Morgan fingerprint density at radius 1 is 1.08 bits per heavy atom. The summed E-state index contributed by atoms with van der Waals surface area (Å²) in [5.74, 6) is 1.36. The Balaban J connectivity index is 1.73. The average molecular weight is 317 g/mol. The van der Waals surface area contributed by atoms with Gasteiger partial charge in [0.05, 0.1) is 0 Å². The highest BCUT2D eigenvalue weighted by Crippen LogP contribution is 2.21. The van der Waals surface area contributed by atoms with Crippen molar-refractivity contribution in [1.82, 2.24) is 15.2 Å². The van der Waals surface area contributed by atoms with Crippen molar-refractivity contribution in [1.29, 1.82) is 0 Å². The van der Waals surface area contributed by atoms with Crippen LogP contribution in [0.5, 0.6) is 0 Å². The van der Waals surface area contributed by atoms with E-state index in [1.54, 1.807) is 0 Å². The minimum atomic E-state index is -0.356. The molecule has 4 aromatic rings.